The largest absolute Gasteiger partial charge is 0.465 e. The maximum absolute atomic E-state index is 12.2. The van der Waals surface area contributed by atoms with E-state index in [-0.39, 0.29) is 5.97 Å². The van der Waals surface area contributed by atoms with Gasteiger partial charge in [0.05, 0.1) is 7.11 Å². The molecule has 4 nitrogen and oxygen atoms in total. The molecule has 0 saturated carbocycles. The van der Waals surface area contributed by atoms with Gasteiger partial charge in [-0.3, -0.25) is 0 Å². The van der Waals surface area contributed by atoms with Crippen LogP contribution in [0.5, 0.6) is 0 Å². The van der Waals surface area contributed by atoms with Crippen LogP contribution in [0.2, 0.25) is 5.02 Å². The maximum atomic E-state index is 12.2. The monoisotopic (exact) mass is 314 g/mol. The molecule has 0 bridgehead atoms. The number of fused-ring (bicyclic) bond motifs is 1. The highest BCUT2D eigenvalue weighted by molar-refractivity contribution is 6.30. The number of ether oxygens (including phenoxy) is 1. The lowest BCUT2D eigenvalue weighted by Gasteiger charge is -2.19. The lowest BCUT2D eigenvalue weighted by atomic mass is 10.1. The molecule has 3 aromatic rings. The molecule has 1 N–H and O–H groups in total. The fourth-order valence-electron chi connectivity index (χ4n) is 2.50. The van der Waals surface area contributed by atoms with Gasteiger partial charge in [-0.1, -0.05) is 35.9 Å². The molecule has 3 rings (SSSR count). The first-order valence-electron chi connectivity index (χ1n) is 6.80. The van der Waals surface area contributed by atoms with Crippen molar-refractivity contribution in [2.24, 2.45) is 0 Å². The number of aromatic amines is 1. The number of benzene rings is 2. The summed E-state index contributed by atoms with van der Waals surface area (Å²) in [5.41, 5.74) is 2.27. The number of carbonyl (C=O) groups is 1. The standard InChI is InChI=1S/C17H15ClN2O2/c1-20(12-7-5-6-11(18)10-12)16-15(17(21)22-2)13-8-3-4-9-14(13)19-16/h3-10,19H,1-2H3. The summed E-state index contributed by atoms with van der Waals surface area (Å²) in [6.07, 6.45) is 0. The van der Waals surface area contributed by atoms with Crippen molar-refractivity contribution in [3.63, 3.8) is 0 Å². The number of aromatic nitrogens is 1. The second kappa shape index (κ2) is 5.73. The Morgan fingerprint density at radius 3 is 2.68 bits per heavy atom. The van der Waals surface area contributed by atoms with Gasteiger partial charge in [-0.25, -0.2) is 4.79 Å². The average Bonchev–Trinajstić information content (AvgIpc) is 2.92. The number of anilines is 2. The van der Waals surface area contributed by atoms with Crippen LogP contribution in [0.4, 0.5) is 11.5 Å². The minimum Gasteiger partial charge on any atom is -0.465 e. The highest BCUT2D eigenvalue weighted by Crippen LogP contribution is 2.33. The Balaban J connectivity index is 2.19. The fraction of sp³-hybridized carbons (Fsp3) is 0.118. The molecule has 0 aliphatic carbocycles. The predicted molar refractivity (Wildman–Crippen MR) is 89.2 cm³/mol. The molecule has 1 aromatic heterocycles. The van der Waals surface area contributed by atoms with E-state index in [2.05, 4.69) is 4.98 Å². The third kappa shape index (κ3) is 2.42. The molecule has 0 aliphatic heterocycles. The lowest BCUT2D eigenvalue weighted by Crippen LogP contribution is -2.14. The van der Waals surface area contributed by atoms with Crippen LogP contribution in [0.3, 0.4) is 0 Å². The SMILES string of the molecule is COC(=O)c1c(N(C)c2cccc(Cl)c2)[nH]c2ccccc12. The van der Waals surface area contributed by atoms with Crippen molar-refractivity contribution in [2.45, 2.75) is 0 Å². The quantitative estimate of drug-likeness (QED) is 0.730. The smallest absolute Gasteiger partial charge is 0.342 e. The first kappa shape index (κ1) is 14.5. The van der Waals surface area contributed by atoms with Gasteiger partial charge in [0.25, 0.3) is 0 Å². The molecule has 1 heterocycles. The number of nitrogens with one attached hydrogen (secondary N) is 1. The second-order valence-electron chi connectivity index (χ2n) is 4.92. The Labute approximate surface area is 133 Å². The molecule has 0 spiro atoms. The van der Waals surface area contributed by atoms with Gasteiger partial charge in [-0.2, -0.15) is 0 Å². The van der Waals surface area contributed by atoms with Crippen LogP contribution >= 0.6 is 11.6 Å². The molecule has 0 aliphatic rings. The van der Waals surface area contributed by atoms with Crippen molar-refractivity contribution < 1.29 is 9.53 Å². The first-order chi connectivity index (χ1) is 10.6. The van der Waals surface area contributed by atoms with Crippen molar-refractivity contribution in [1.29, 1.82) is 0 Å². The van der Waals surface area contributed by atoms with Gasteiger partial charge in [0.15, 0.2) is 0 Å². The van der Waals surface area contributed by atoms with E-state index in [0.717, 1.165) is 16.6 Å². The molecule has 0 atom stereocenters. The van der Waals surface area contributed by atoms with Crippen LogP contribution in [-0.4, -0.2) is 25.1 Å². The van der Waals surface area contributed by atoms with Gasteiger partial charge in [0.2, 0.25) is 0 Å². The number of H-pyrrole nitrogens is 1. The number of rotatable bonds is 3. The second-order valence-corrected chi connectivity index (χ2v) is 5.36. The molecule has 0 radical (unpaired) electrons. The number of para-hydroxylation sites is 1. The zero-order valence-electron chi connectivity index (χ0n) is 12.3. The van der Waals surface area contributed by atoms with Crippen molar-refractivity contribution >= 4 is 40.0 Å². The van der Waals surface area contributed by atoms with Gasteiger partial charge in [0, 0.05) is 28.7 Å². The minimum atomic E-state index is -0.374. The summed E-state index contributed by atoms with van der Waals surface area (Å²) in [6.45, 7) is 0. The van der Waals surface area contributed by atoms with Crippen LogP contribution in [0, 0.1) is 0 Å². The number of hydrogen-bond donors (Lipinski definition) is 1. The van der Waals surface area contributed by atoms with Gasteiger partial charge >= 0.3 is 5.97 Å². The Morgan fingerprint density at radius 1 is 1.18 bits per heavy atom. The van der Waals surface area contributed by atoms with E-state index >= 15 is 0 Å². The van der Waals surface area contributed by atoms with Crippen LogP contribution in [-0.2, 0) is 4.74 Å². The fourth-order valence-corrected chi connectivity index (χ4v) is 2.69. The highest BCUT2D eigenvalue weighted by atomic mass is 35.5. The molecule has 112 valence electrons. The third-order valence-electron chi connectivity index (χ3n) is 3.61. The molecule has 0 fully saturated rings. The highest BCUT2D eigenvalue weighted by Gasteiger charge is 2.22. The topological polar surface area (TPSA) is 45.3 Å². The number of nitrogens with zero attached hydrogens (tertiary/aromatic N) is 1. The van der Waals surface area contributed by atoms with Crippen molar-refractivity contribution in [1.82, 2.24) is 4.98 Å². The Morgan fingerprint density at radius 2 is 1.95 bits per heavy atom. The van der Waals surface area contributed by atoms with Crippen molar-refractivity contribution in [2.75, 3.05) is 19.1 Å². The Kier molecular flexibility index (Phi) is 3.77. The summed E-state index contributed by atoms with van der Waals surface area (Å²) in [6, 6.07) is 15.1. The Bertz CT molecular complexity index is 842. The molecule has 0 saturated heterocycles. The maximum Gasteiger partial charge on any atom is 0.342 e. The van der Waals surface area contributed by atoms with Crippen molar-refractivity contribution in [3.8, 4) is 0 Å². The normalized spacial score (nSPS) is 10.7. The summed E-state index contributed by atoms with van der Waals surface area (Å²) < 4.78 is 4.94. The van der Waals surface area contributed by atoms with Gasteiger partial charge in [-0.15, -0.1) is 0 Å². The molecule has 2 aromatic carbocycles. The number of esters is 1. The molecule has 0 amide bonds. The third-order valence-corrected chi connectivity index (χ3v) is 3.84. The van der Waals surface area contributed by atoms with Crippen LogP contribution in [0.1, 0.15) is 10.4 Å². The molecular weight excluding hydrogens is 300 g/mol. The number of carbonyl (C=O) groups excluding carboxylic acids is 1. The zero-order chi connectivity index (χ0) is 15.7. The van der Waals surface area contributed by atoms with E-state index in [1.165, 1.54) is 7.11 Å². The van der Waals surface area contributed by atoms with E-state index in [1.54, 1.807) is 0 Å². The first-order valence-corrected chi connectivity index (χ1v) is 7.18. The van der Waals surface area contributed by atoms with E-state index in [4.69, 9.17) is 16.3 Å². The van der Waals surface area contributed by atoms with Gasteiger partial charge < -0.3 is 14.6 Å². The lowest BCUT2D eigenvalue weighted by molar-refractivity contribution is 0.0604. The summed E-state index contributed by atoms with van der Waals surface area (Å²) in [4.78, 5) is 17.4. The molecular formula is C17H15ClN2O2. The predicted octanol–water partition coefficient (Wildman–Crippen LogP) is 4.38. The van der Waals surface area contributed by atoms with E-state index in [1.807, 2.05) is 60.5 Å². The number of methoxy groups -OCH3 is 1. The minimum absolute atomic E-state index is 0.374. The summed E-state index contributed by atoms with van der Waals surface area (Å²) in [7, 11) is 3.26. The molecule has 0 unspecified atom stereocenters. The van der Waals surface area contributed by atoms with Gasteiger partial charge in [0.1, 0.15) is 11.4 Å². The van der Waals surface area contributed by atoms with E-state index in [0.29, 0.717) is 16.4 Å². The van der Waals surface area contributed by atoms with Crippen LogP contribution < -0.4 is 4.90 Å². The summed E-state index contributed by atoms with van der Waals surface area (Å²) >= 11 is 6.06. The van der Waals surface area contributed by atoms with Crippen LogP contribution in [0.15, 0.2) is 48.5 Å². The van der Waals surface area contributed by atoms with Crippen LogP contribution in [0.25, 0.3) is 10.9 Å². The number of halogens is 1. The molecule has 5 heteroatoms. The molecule has 22 heavy (non-hydrogen) atoms. The Hall–Kier alpha value is -2.46. The summed E-state index contributed by atoms with van der Waals surface area (Å²) in [5.74, 6) is 0.302. The zero-order valence-corrected chi connectivity index (χ0v) is 13.0. The van der Waals surface area contributed by atoms with E-state index in [9.17, 15) is 4.79 Å². The van der Waals surface area contributed by atoms with Crippen molar-refractivity contribution in [3.05, 3.63) is 59.1 Å². The van der Waals surface area contributed by atoms with Gasteiger partial charge in [-0.05, 0) is 24.3 Å². The van der Waals surface area contributed by atoms with E-state index < -0.39 is 0 Å². The average molecular weight is 315 g/mol. The number of hydrogen-bond acceptors (Lipinski definition) is 3. The summed E-state index contributed by atoms with van der Waals surface area (Å²) in [5, 5.41) is 1.47.